The lowest BCUT2D eigenvalue weighted by molar-refractivity contribution is 0.636. The maximum Gasteiger partial charge on any atom is 0.176 e. The van der Waals surface area contributed by atoms with Crippen molar-refractivity contribution in [3.05, 3.63) is 53.6 Å². The first-order valence-corrected chi connectivity index (χ1v) is 5.74. The van der Waals surface area contributed by atoms with E-state index in [1.165, 1.54) is 5.56 Å². The Morgan fingerprint density at radius 2 is 1.89 bits per heavy atom. The van der Waals surface area contributed by atoms with Crippen molar-refractivity contribution in [1.82, 2.24) is 9.55 Å². The Morgan fingerprint density at radius 3 is 2.56 bits per heavy atom. The van der Waals surface area contributed by atoms with Crippen molar-refractivity contribution in [2.24, 2.45) is 0 Å². The van der Waals surface area contributed by atoms with Crippen LogP contribution < -0.4 is 0 Å². The van der Waals surface area contributed by atoms with E-state index < -0.39 is 0 Å². The summed E-state index contributed by atoms with van der Waals surface area (Å²) in [6, 6.07) is 14.1. The zero-order valence-electron chi connectivity index (χ0n) is 9.87. The molecule has 1 aromatic heterocycles. The molecule has 0 amide bonds. The summed E-state index contributed by atoms with van der Waals surface area (Å²) in [7, 11) is 0. The molecule has 1 heterocycles. The third kappa shape index (κ3) is 2.56. The van der Waals surface area contributed by atoms with E-state index in [4.69, 9.17) is 10.5 Å². The van der Waals surface area contributed by atoms with Crippen LogP contribution in [0.25, 0.3) is 0 Å². The van der Waals surface area contributed by atoms with Crippen molar-refractivity contribution in [2.45, 2.75) is 19.4 Å². The van der Waals surface area contributed by atoms with Crippen molar-refractivity contribution < 1.29 is 0 Å². The van der Waals surface area contributed by atoms with Gasteiger partial charge < -0.3 is 4.57 Å². The van der Waals surface area contributed by atoms with Gasteiger partial charge in [0, 0.05) is 6.54 Å². The highest BCUT2D eigenvalue weighted by molar-refractivity contribution is 5.35. The fourth-order valence-electron chi connectivity index (χ4n) is 1.85. The average Bonchev–Trinajstić information content (AvgIpc) is 2.82. The van der Waals surface area contributed by atoms with E-state index in [2.05, 4.69) is 17.1 Å². The maximum absolute atomic E-state index is 8.97. The van der Waals surface area contributed by atoms with Crippen molar-refractivity contribution in [3.8, 4) is 12.1 Å². The molecule has 0 saturated carbocycles. The second-order valence-corrected chi connectivity index (χ2v) is 3.95. The molecule has 88 valence electrons. The fraction of sp³-hybridized carbons (Fsp3) is 0.214. The predicted octanol–water partition coefficient (Wildman–Crippen LogP) is 2.26. The number of nitriles is 2. The molecule has 0 bridgehead atoms. The minimum atomic E-state index is 0.206. The van der Waals surface area contributed by atoms with Gasteiger partial charge in [0.2, 0.25) is 0 Å². The van der Waals surface area contributed by atoms with Gasteiger partial charge in [0.15, 0.2) is 11.4 Å². The molecular formula is C14H12N4. The largest absolute Gasteiger partial charge is 0.321 e. The molecule has 2 aromatic rings. The molecule has 0 fully saturated rings. The van der Waals surface area contributed by atoms with Crippen molar-refractivity contribution >= 4 is 0 Å². The number of aromatic nitrogens is 2. The van der Waals surface area contributed by atoms with Gasteiger partial charge in [0.25, 0.3) is 0 Å². The van der Waals surface area contributed by atoms with Gasteiger partial charge in [0.05, 0.1) is 6.33 Å². The summed E-state index contributed by atoms with van der Waals surface area (Å²) in [6.07, 6.45) is 3.42. The maximum atomic E-state index is 8.97. The molecule has 4 heteroatoms. The quantitative estimate of drug-likeness (QED) is 0.817. The second-order valence-electron chi connectivity index (χ2n) is 3.95. The molecule has 0 aliphatic rings. The minimum absolute atomic E-state index is 0.206. The number of nitrogens with zero attached hydrogens (tertiary/aromatic N) is 4. The van der Waals surface area contributed by atoms with Gasteiger partial charge in [-0.2, -0.15) is 10.5 Å². The average molecular weight is 236 g/mol. The van der Waals surface area contributed by atoms with Crippen LogP contribution in [0.2, 0.25) is 0 Å². The number of rotatable bonds is 4. The molecule has 2 rings (SSSR count). The summed E-state index contributed by atoms with van der Waals surface area (Å²) in [5, 5.41) is 17.8. The van der Waals surface area contributed by atoms with Gasteiger partial charge in [0.1, 0.15) is 12.1 Å². The van der Waals surface area contributed by atoms with Crippen LogP contribution in [-0.4, -0.2) is 9.55 Å². The van der Waals surface area contributed by atoms with Crippen LogP contribution in [0.5, 0.6) is 0 Å². The highest BCUT2D eigenvalue weighted by Crippen LogP contribution is 2.08. The highest BCUT2D eigenvalue weighted by atomic mass is 15.1. The fourth-order valence-corrected chi connectivity index (χ4v) is 1.85. The van der Waals surface area contributed by atoms with Gasteiger partial charge in [-0.15, -0.1) is 0 Å². The van der Waals surface area contributed by atoms with Crippen molar-refractivity contribution in [2.75, 3.05) is 0 Å². The highest BCUT2D eigenvalue weighted by Gasteiger charge is 2.08. The van der Waals surface area contributed by atoms with Crippen LogP contribution in [0.4, 0.5) is 0 Å². The third-order valence-corrected chi connectivity index (χ3v) is 2.76. The Hall–Kier alpha value is -2.59. The van der Waals surface area contributed by atoms with E-state index in [9.17, 15) is 0 Å². The molecule has 0 spiro atoms. The van der Waals surface area contributed by atoms with Crippen LogP contribution >= 0.6 is 0 Å². The number of hydrogen-bond acceptors (Lipinski definition) is 3. The Labute approximate surface area is 106 Å². The first-order chi connectivity index (χ1) is 8.85. The number of hydrogen-bond donors (Lipinski definition) is 0. The normalized spacial score (nSPS) is 9.67. The molecule has 0 atom stereocenters. The Balaban J connectivity index is 1.98. The van der Waals surface area contributed by atoms with E-state index in [-0.39, 0.29) is 5.69 Å². The van der Waals surface area contributed by atoms with Gasteiger partial charge in [-0.3, -0.25) is 0 Å². The first kappa shape index (κ1) is 11.9. The van der Waals surface area contributed by atoms with Gasteiger partial charge >= 0.3 is 0 Å². The first-order valence-electron chi connectivity index (χ1n) is 5.74. The molecule has 4 nitrogen and oxygen atoms in total. The SMILES string of the molecule is N#Cc1ncn(CCCc2ccccc2)c1C#N. The van der Waals surface area contributed by atoms with E-state index in [0.29, 0.717) is 12.2 Å². The van der Waals surface area contributed by atoms with Crippen LogP contribution in [0.3, 0.4) is 0 Å². The van der Waals surface area contributed by atoms with Crippen LogP contribution in [0, 0.1) is 22.7 Å². The lowest BCUT2D eigenvalue weighted by Gasteiger charge is -2.03. The number of benzene rings is 1. The summed E-state index contributed by atoms with van der Waals surface area (Å²) in [5.74, 6) is 0. The number of aryl methyl sites for hydroxylation is 2. The molecule has 0 unspecified atom stereocenters. The smallest absolute Gasteiger partial charge is 0.176 e. The molecule has 0 aliphatic heterocycles. The third-order valence-electron chi connectivity index (χ3n) is 2.76. The topological polar surface area (TPSA) is 65.4 Å². The second kappa shape index (κ2) is 5.65. The molecule has 0 saturated heterocycles. The molecule has 1 aromatic carbocycles. The van der Waals surface area contributed by atoms with Crippen molar-refractivity contribution in [3.63, 3.8) is 0 Å². The number of imidazole rings is 1. The summed E-state index contributed by atoms with van der Waals surface area (Å²) in [6.45, 7) is 0.701. The lowest BCUT2D eigenvalue weighted by atomic mass is 10.1. The van der Waals surface area contributed by atoms with E-state index in [1.807, 2.05) is 30.3 Å². The summed E-state index contributed by atoms with van der Waals surface area (Å²) >= 11 is 0. The molecular weight excluding hydrogens is 224 g/mol. The van der Waals surface area contributed by atoms with Gasteiger partial charge in [-0.25, -0.2) is 4.98 Å². The predicted molar refractivity (Wildman–Crippen MR) is 66.4 cm³/mol. The lowest BCUT2D eigenvalue weighted by Crippen LogP contribution is -2.01. The van der Waals surface area contributed by atoms with Crippen molar-refractivity contribution in [1.29, 1.82) is 10.5 Å². The standard InChI is InChI=1S/C14H12N4/c15-9-13-14(10-16)18(11-17-13)8-4-7-12-5-2-1-3-6-12/h1-3,5-6,11H,4,7-8H2. The van der Waals surface area contributed by atoms with Gasteiger partial charge in [-0.05, 0) is 18.4 Å². The summed E-state index contributed by atoms with van der Waals surface area (Å²) < 4.78 is 1.74. The Kier molecular flexibility index (Phi) is 3.73. The van der Waals surface area contributed by atoms with Crippen LogP contribution in [0.15, 0.2) is 36.7 Å². The Bertz CT molecular complexity index is 599. The molecule has 18 heavy (non-hydrogen) atoms. The summed E-state index contributed by atoms with van der Waals surface area (Å²) in [4.78, 5) is 3.91. The van der Waals surface area contributed by atoms with E-state index in [1.54, 1.807) is 10.9 Å². The van der Waals surface area contributed by atoms with E-state index >= 15 is 0 Å². The van der Waals surface area contributed by atoms with Crippen LogP contribution in [-0.2, 0) is 13.0 Å². The Morgan fingerprint density at radius 1 is 1.11 bits per heavy atom. The monoisotopic (exact) mass is 236 g/mol. The zero-order chi connectivity index (χ0) is 12.8. The van der Waals surface area contributed by atoms with Crippen LogP contribution in [0.1, 0.15) is 23.4 Å². The van der Waals surface area contributed by atoms with Gasteiger partial charge in [-0.1, -0.05) is 30.3 Å². The molecule has 0 radical (unpaired) electrons. The zero-order valence-corrected chi connectivity index (χ0v) is 9.87. The molecule has 0 aliphatic carbocycles. The van der Waals surface area contributed by atoms with E-state index in [0.717, 1.165) is 12.8 Å². The molecule has 0 N–H and O–H groups in total. The minimum Gasteiger partial charge on any atom is -0.321 e. The summed E-state index contributed by atoms with van der Waals surface area (Å²) in [5.41, 5.74) is 1.83.